The van der Waals surface area contributed by atoms with Crippen LogP contribution in [0.4, 0.5) is 0 Å². The lowest BCUT2D eigenvalue weighted by atomic mass is 9.96. The van der Waals surface area contributed by atoms with Gasteiger partial charge in [-0.15, -0.1) is 0 Å². The molecule has 1 aliphatic heterocycles. The van der Waals surface area contributed by atoms with Gasteiger partial charge in [0, 0.05) is 28.9 Å². The molecular formula is C15H12O7. The first-order valence-corrected chi connectivity index (χ1v) is 6.23. The third kappa shape index (κ3) is 3.51. The molecular weight excluding hydrogens is 292 g/mol. The number of carboxylic acids is 2. The molecule has 0 saturated carbocycles. The zero-order valence-corrected chi connectivity index (χ0v) is 11.3. The predicted molar refractivity (Wildman–Crippen MR) is 74.6 cm³/mol. The monoisotopic (exact) mass is 304 g/mol. The first kappa shape index (κ1) is 15.3. The van der Waals surface area contributed by atoms with Gasteiger partial charge in [-0.2, -0.15) is 0 Å². The zero-order chi connectivity index (χ0) is 16.3. The molecule has 0 aromatic heterocycles. The van der Waals surface area contributed by atoms with E-state index in [1.165, 1.54) is 18.2 Å². The van der Waals surface area contributed by atoms with Crippen molar-refractivity contribution in [1.29, 1.82) is 0 Å². The Balaban J connectivity index is 2.41. The van der Waals surface area contributed by atoms with Gasteiger partial charge in [0.25, 0.3) is 0 Å². The molecule has 0 spiro atoms. The molecule has 7 heteroatoms. The number of aromatic hydroxyl groups is 1. The van der Waals surface area contributed by atoms with E-state index in [1.807, 2.05) is 0 Å². The summed E-state index contributed by atoms with van der Waals surface area (Å²) in [6.07, 6.45) is 1.40. The summed E-state index contributed by atoms with van der Waals surface area (Å²) in [6, 6.07) is 4.35. The maximum Gasteiger partial charge on any atom is 0.329 e. The molecule has 0 fully saturated rings. The minimum Gasteiger partial charge on any atom is -0.508 e. The van der Waals surface area contributed by atoms with Gasteiger partial charge in [-0.25, -0.2) is 4.79 Å². The molecule has 1 aromatic carbocycles. The third-order valence-electron chi connectivity index (χ3n) is 2.94. The lowest BCUT2D eigenvalue weighted by molar-refractivity contribution is -0.139. The molecule has 0 unspecified atom stereocenters. The normalized spacial score (nSPS) is 13.6. The fourth-order valence-electron chi connectivity index (χ4n) is 2.02. The van der Waals surface area contributed by atoms with Crippen LogP contribution in [0, 0.1) is 0 Å². The van der Waals surface area contributed by atoms with E-state index in [4.69, 9.17) is 14.9 Å². The zero-order valence-electron chi connectivity index (χ0n) is 11.3. The van der Waals surface area contributed by atoms with Crippen LogP contribution in [0.25, 0.3) is 6.08 Å². The van der Waals surface area contributed by atoms with Gasteiger partial charge in [-0.3, -0.25) is 9.59 Å². The first-order chi connectivity index (χ1) is 10.4. The van der Waals surface area contributed by atoms with Crippen LogP contribution in [-0.4, -0.2) is 39.6 Å². The van der Waals surface area contributed by atoms with E-state index in [2.05, 4.69) is 0 Å². The van der Waals surface area contributed by atoms with Gasteiger partial charge in [0.2, 0.25) is 0 Å². The lowest BCUT2D eigenvalue weighted by Gasteiger charge is -2.19. The molecule has 114 valence electrons. The Bertz CT molecular complexity index is 713. The highest BCUT2D eigenvalue weighted by Gasteiger charge is 2.22. The molecule has 0 atom stereocenters. The molecule has 0 bridgehead atoms. The van der Waals surface area contributed by atoms with Crippen LogP contribution < -0.4 is 4.74 Å². The Labute approximate surface area is 124 Å². The summed E-state index contributed by atoms with van der Waals surface area (Å²) >= 11 is 0. The summed E-state index contributed by atoms with van der Waals surface area (Å²) in [6.45, 7) is -0.0963. The van der Waals surface area contributed by atoms with Gasteiger partial charge < -0.3 is 20.1 Å². The van der Waals surface area contributed by atoms with E-state index in [9.17, 15) is 19.5 Å². The number of rotatable bonds is 5. The van der Waals surface area contributed by atoms with Crippen LogP contribution >= 0.6 is 0 Å². The van der Waals surface area contributed by atoms with Crippen molar-refractivity contribution in [2.24, 2.45) is 0 Å². The van der Waals surface area contributed by atoms with Gasteiger partial charge in [0.1, 0.15) is 24.5 Å². The van der Waals surface area contributed by atoms with Crippen molar-refractivity contribution in [3.63, 3.8) is 0 Å². The van der Waals surface area contributed by atoms with Crippen LogP contribution in [0.2, 0.25) is 0 Å². The molecule has 0 amide bonds. The number of fused-ring (bicyclic) bond motifs is 1. The number of ether oxygens (including phenoxy) is 1. The highest BCUT2D eigenvalue weighted by Crippen LogP contribution is 2.32. The lowest BCUT2D eigenvalue weighted by Crippen LogP contribution is -2.17. The van der Waals surface area contributed by atoms with Gasteiger partial charge in [0.15, 0.2) is 5.78 Å². The van der Waals surface area contributed by atoms with Crippen molar-refractivity contribution in [2.75, 3.05) is 6.61 Å². The third-order valence-corrected chi connectivity index (χ3v) is 2.94. The van der Waals surface area contributed by atoms with Crippen molar-refractivity contribution in [3.05, 3.63) is 41.0 Å². The molecule has 2 rings (SSSR count). The molecule has 22 heavy (non-hydrogen) atoms. The predicted octanol–water partition coefficient (Wildman–Crippen LogP) is 1.22. The van der Waals surface area contributed by atoms with Gasteiger partial charge in [-0.05, 0) is 18.2 Å². The Morgan fingerprint density at radius 3 is 2.59 bits per heavy atom. The topological polar surface area (TPSA) is 121 Å². The molecule has 1 heterocycles. The van der Waals surface area contributed by atoms with Crippen molar-refractivity contribution in [3.8, 4) is 11.5 Å². The highest BCUT2D eigenvalue weighted by atomic mass is 16.5. The summed E-state index contributed by atoms with van der Waals surface area (Å²) in [4.78, 5) is 33.4. The number of carbonyl (C=O) groups excluding carboxylic acids is 1. The SMILES string of the molecule is O=C(O)C=C(C(=O)CC(=O)O)C1=Cc2ccc(O)cc2OC1. The van der Waals surface area contributed by atoms with Gasteiger partial charge in [0.05, 0.1) is 0 Å². The van der Waals surface area contributed by atoms with E-state index in [1.54, 1.807) is 6.07 Å². The van der Waals surface area contributed by atoms with E-state index in [0.717, 1.165) is 0 Å². The molecule has 7 nitrogen and oxygen atoms in total. The van der Waals surface area contributed by atoms with Gasteiger partial charge in [-0.1, -0.05) is 0 Å². The standard InChI is InChI=1S/C15H12O7/c16-10-2-1-8-3-9(7-22-13(8)4-10)11(5-14(18)19)12(17)6-15(20)21/h1-5,16H,6-7H2,(H,18,19)(H,20,21). The van der Waals surface area contributed by atoms with Crippen molar-refractivity contribution < 1.29 is 34.4 Å². The van der Waals surface area contributed by atoms with E-state index < -0.39 is 24.1 Å². The Hall–Kier alpha value is -3.09. The number of Topliss-reactive ketones (excluding diaryl/α,β-unsaturated/α-hetero) is 1. The second-order valence-corrected chi connectivity index (χ2v) is 4.57. The second kappa shape index (κ2) is 6.13. The summed E-state index contributed by atoms with van der Waals surface area (Å²) in [5, 5.41) is 26.9. The number of benzene rings is 1. The van der Waals surface area contributed by atoms with Gasteiger partial charge >= 0.3 is 11.9 Å². The maximum absolute atomic E-state index is 11.9. The molecule has 0 aliphatic carbocycles. The average Bonchev–Trinajstić information content (AvgIpc) is 2.43. The number of ketones is 1. The van der Waals surface area contributed by atoms with E-state index >= 15 is 0 Å². The summed E-state index contributed by atoms with van der Waals surface area (Å²) < 4.78 is 5.37. The number of aliphatic carboxylic acids is 2. The minimum atomic E-state index is -1.36. The quantitative estimate of drug-likeness (QED) is 0.552. The fourth-order valence-corrected chi connectivity index (χ4v) is 2.02. The molecule has 1 aromatic rings. The van der Waals surface area contributed by atoms with Crippen LogP contribution in [0.3, 0.4) is 0 Å². The number of phenols is 1. The molecule has 3 N–H and O–H groups in total. The minimum absolute atomic E-state index is 0.0128. The molecule has 0 radical (unpaired) electrons. The largest absolute Gasteiger partial charge is 0.508 e. The van der Waals surface area contributed by atoms with Crippen LogP contribution in [-0.2, 0) is 14.4 Å². The average molecular weight is 304 g/mol. The van der Waals surface area contributed by atoms with Crippen molar-refractivity contribution >= 4 is 23.8 Å². The summed E-state index contributed by atoms with van der Waals surface area (Å²) in [5.74, 6) is -3.11. The second-order valence-electron chi connectivity index (χ2n) is 4.57. The number of phenolic OH excluding ortho intramolecular Hbond substituents is 1. The number of carboxylic acid groups (broad SMARTS) is 2. The Morgan fingerprint density at radius 2 is 1.95 bits per heavy atom. The summed E-state index contributed by atoms with van der Waals surface area (Å²) in [7, 11) is 0. The number of hydrogen-bond donors (Lipinski definition) is 3. The Morgan fingerprint density at radius 1 is 1.23 bits per heavy atom. The van der Waals surface area contributed by atoms with Crippen molar-refractivity contribution in [1.82, 2.24) is 0 Å². The van der Waals surface area contributed by atoms with Crippen LogP contribution in [0.15, 0.2) is 35.4 Å². The van der Waals surface area contributed by atoms with Crippen molar-refractivity contribution in [2.45, 2.75) is 6.42 Å². The summed E-state index contributed by atoms with van der Waals surface area (Å²) in [5.41, 5.74) is 0.610. The Kier molecular flexibility index (Phi) is 4.26. The van der Waals surface area contributed by atoms with Crippen LogP contribution in [0.1, 0.15) is 12.0 Å². The maximum atomic E-state index is 11.9. The number of hydrogen-bond acceptors (Lipinski definition) is 5. The van der Waals surface area contributed by atoms with E-state index in [-0.39, 0.29) is 23.5 Å². The highest BCUT2D eigenvalue weighted by molar-refractivity contribution is 6.11. The van der Waals surface area contributed by atoms with Crippen LogP contribution in [0.5, 0.6) is 11.5 Å². The van der Waals surface area contributed by atoms with E-state index in [0.29, 0.717) is 17.4 Å². The molecule has 0 saturated heterocycles. The first-order valence-electron chi connectivity index (χ1n) is 6.23. The number of carbonyl (C=O) groups is 3. The smallest absolute Gasteiger partial charge is 0.329 e. The fraction of sp³-hybridized carbons (Fsp3) is 0.133. The molecule has 1 aliphatic rings.